The standard InChI is InChI=1S/C21H23N3O/c1-15(2)24-21(18-8-9-18)22-20(23-24)17-10-12-19(13-11-17)25-14-16-6-4-3-5-7-16/h3-7,10-13,15,18H,8-9,14H2,1-2H3. The van der Waals surface area contributed by atoms with Crippen LogP contribution in [0.25, 0.3) is 11.4 Å². The third-order valence-corrected chi connectivity index (χ3v) is 4.45. The molecule has 0 saturated heterocycles. The first-order valence-electron chi connectivity index (χ1n) is 8.94. The van der Waals surface area contributed by atoms with Crippen molar-refractivity contribution in [1.82, 2.24) is 14.8 Å². The van der Waals surface area contributed by atoms with Gasteiger partial charge in [0.05, 0.1) is 0 Å². The minimum atomic E-state index is 0.338. The fourth-order valence-corrected chi connectivity index (χ4v) is 2.90. The highest BCUT2D eigenvalue weighted by Gasteiger charge is 2.30. The lowest BCUT2D eigenvalue weighted by atomic mass is 10.2. The third kappa shape index (κ3) is 3.58. The SMILES string of the molecule is CC(C)n1nc(-c2ccc(OCc3ccccc3)cc2)nc1C1CC1. The molecule has 0 bridgehead atoms. The van der Waals surface area contributed by atoms with Gasteiger partial charge in [-0.25, -0.2) is 9.67 Å². The van der Waals surface area contributed by atoms with E-state index in [9.17, 15) is 0 Å². The lowest BCUT2D eigenvalue weighted by Gasteiger charge is -2.07. The van der Waals surface area contributed by atoms with Crippen molar-refractivity contribution in [2.75, 3.05) is 0 Å². The van der Waals surface area contributed by atoms with Crippen molar-refractivity contribution in [2.45, 2.75) is 45.3 Å². The van der Waals surface area contributed by atoms with Crippen LogP contribution in [0, 0.1) is 0 Å². The zero-order chi connectivity index (χ0) is 17.2. The van der Waals surface area contributed by atoms with Crippen molar-refractivity contribution in [1.29, 1.82) is 0 Å². The molecule has 1 aliphatic rings. The van der Waals surface area contributed by atoms with Crippen LogP contribution in [0.3, 0.4) is 0 Å². The van der Waals surface area contributed by atoms with Crippen molar-refractivity contribution in [2.24, 2.45) is 0 Å². The second-order valence-corrected chi connectivity index (χ2v) is 6.90. The maximum absolute atomic E-state index is 5.85. The van der Waals surface area contributed by atoms with E-state index in [1.165, 1.54) is 12.8 Å². The van der Waals surface area contributed by atoms with E-state index >= 15 is 0 Å². The summed E-state index contributed by atoms with van der Waals surface area (Å²) >= 11 is 0. The van der Waals surface area contributed by atoms with Crippen molar-refractivity contribution >= 4 is 0 Å². The molecule has 1 fully saturated rings. The molecule has 0 N–H and O–H groups in total. The number of nitrogens with zero attached hydrogens (tertiary/aromatic N) is 3. The van der Waals surface area contributed by atoms with E-state index in [1.807, 2.05) is 42.5 Å². The lowest BCUT2D eigenvalue weighted by Crippen LogP contribution is -2.07. The van der Waals surface area contributed by atoms with Gasteiger partial charge >= 0.3 is 0 Å². The maximum Gasteiger partial charge on any atom is 0.181 e. The number of ether oxygens (including phenoxy) is 1. The number of rotatable bonds is 6. The van der Waals surface area contributed by atoms with Crippen LogP contribution in [0.5, 0.6) is 5.75 Å². The third-order valence-electron chi connectivity index (χ3n) is 4.45. The molecule has 0 unspecified atom stereocenters. The molecular weight excluding hydrogens is 310 g/mol. The molecule has 0 radical (unpaired) electrons. The molecule has 0 spiro atoms. The van der Waals surface area contributed by atoms with Gasteiger partial charge in [0, 0.05) is 17.5 Å². The van der Waals surface area contributed by atoms with Gasteiger partial charge in [0.25, 0.3) is 0 Å². The summed E-state index contributed by atoms with van der Waals surface area (Å²) in [6.07, 6.45) is 2.47. The first-order chi connectivity index (χ1) is 12.2. The van der Waals surface area contributed by atoms with Crippen molar-refractivity contribution < 1.29 is 4.74 Å². The Morgan fingerprint density at radius 2 is 1.76 bits per heavy atom. The minimum Gasteiger partial charge on any atom is -0.489 e. The monoisotopic (exact) mass is 333 g/mol. The summed E-state index contributed by atoms with van der Waals surface area (Å²) in [5.74, 6) is 3.40. The highest BCUT2D eigenvalue weighted by Crippen LogP contribution is 2.40. The molecule has 0 amide bonds. The molecule has 128 valence electrons. The Kier molecular flexibility index (Phi) is 4.26. The normalized spacial score (nSPS) is 14.0. The topological polar surface area (TPSA) is 39.9 Å². The smallest absolute Gasteiger partial charge is 0.181 e. The van der Waals surface area contributed by atoms with E-state index in [-0.39, 0.29) is 0 Å². The Morgan fingerprint density at radius 3 is 2.40 bits per heavy atom. The van der Waals surface area contributed by atoms with Crippen LogP contribution in [-0.2, 0) is 6.61 Å². The molecule has 4 rings (SSSR count). The summed E-state index contributed by atoms with van der Waals surface area (Å²) in [6, 6.07) is 18.6. The molecule has 2 aromatic carbocycles. The van der Waals surface area contributed by atoms with Crippen LogP contribution in [0.4, 0.5) is 0 Å². The van der Waals surface area contributed by atoms with E-state index in [1.54, 1.807) is 0 Å². The predicted molar refractivity (Wildman–Crippen MR) is 98.6 cm³/mol. The van der Waals surface area contributed by atoms with Crippen LogP contribution >= 0.6 is 0 Å². The summed E-state index contributed by atoms with van der Waals surface area (Å²) in [6.45, 7) is 4.89. The first-order valence-corrected chi connectivity index (χ1v) is 8.94. The van der Waals surface area contributed by atoms with Gasteiger partial charge in [-0.15, -0.1) is 0 Å². The first kappa shape index (κ1) is 15.9. The van der Waals surface area contributed by atoms with Crippen molar-refractivity contribution in [3.63, 3.8) is 0 Å². The zero-order valence-corrected chi connectivity index (χ0v) is 14.7. The molecule has 0 aliphatic heterocycles. The molecule has 25 heavy (non-hydrogen) atoms. The number of benzene rings is 2. The number of aromatic nitrogens is 3. The van der Waals surface area contributed by atoms with Gasteiger partial charge in [0.15, 0.2) is 5.82 Å². The van der Waals surface area contributed by atoms with Crippen molar-refractivity contribution in [3.8, 4) is 17.1 Å². The number of hydrogen-bond donors (Lipinski definition) is 0. The molecule has 4 heteroatoms. The quantitative estimate of drug-likeness (QED) is 0.638. The van der Waals surface area contributed by atoms with Crippen LogP contribution < -0.4 is 4.74 Å². The van der Waals surface area contributed by atoms with Crippen molar-refractivity contribution in [3.05, 3.63) is 66.0 Å². The fraction of sp³-hybridized carbons (Fsp3) is 0.333. The second-order valence-electron chi connectivity index (χ2n) is 6.90. The molecule has 4 nitrogen and oxygen atoms in total. The summed E-state index contributed by atoms with van der Waals surface area (Å²) in [7, 11) is 0. The Morgan fingerprint density at radius 1 is 1.04 bits per heavy atom. The van der Waals surface area contributed by atoms with Gasteiger partial charge in [-0.3, -0.25) is 0 Å². The van der Waals surface area contributed by atoms with Crippen LogP contribution in [0.1, 0.15) is 50.0 Å². The summed E-state index contributed by atoms with van der Waals surface area (Å²) in [5.41, 5.74) is 2.20. The van der Waals surface area contributed by atoms with E-state index in [2.05, 4.69) is 30.7 Å². The van der Waals surface area contributed by atoms with Crippen LogP contribution in [-0.4, -0.2) is 14.8 Å². The van der Waals surface area contributed by atoms with Crippen LogP contribution in [0.2, 0.25) is 0 Å². The average Bonchev–Trinajstić information content (AvgIpc) is 3.39. The molecule has 0 atom stereocenters. The van der Waals surface area contributed by atoms with Gasteiger partial charge in [-0.2, -0.15) is 5.10 Å². The van der Waals surface area contributed by atoms with Gasteiger partial charge in [-0.05, 0) is 56.5 Å². The Bertz CT molecular complexity index is 814. The van der Waals surface area contributed by atoms with E-state index in [4.69, 9.17) is 14.8 Å². The van der Waals surface area contributed by atoms with Gasteiger partial charge in [0.1, 0.15) is 18.2 Å². The van der Waals surface area contributed by atoms with Gasteiger partial charge in [0.2, 0.25) is 0 Å². The van der Waals surface area contributed by atoms with E-state index < -0.39 is 0 Å². The molecule has 1 heterocycles. The molecule has 1 aromatic heterocycles. The summed E-state index contributed by atoms with van der Waals surface area (Å²) in [5, 5.41) is 4.73. The predicted octanol–water partition coefficient (Wildman–Crippen LogP) is 4.98. The van der Waals surface area contributed by atoms with Gasteiger partial charge in [-0.1, -0.05) is 30.3 Å². The summed E-state index contributed by atoms with van der Waals surface area (Å²) < 4.78 is 7.93. The van der Waals surface area contributed by atoms with Gasteiger partial charge < -0.3 is 4.74 Å². The highest BCUT2D eigenvalue weighted by molar-refractivity contribution is 5.56. The zero-order valence-electron chi connectivity index (χ0n) is 14.7. The Labute approximate surface area is 148 Å². The number of hydrogen-bond acceptors (Lipinski definition) is 3. The molecular formula is C21H23N3O. The molecule has 1 saturated carbocycles. The second kappa shape index (κ2) is 6.71. The minimum absolute atomic E-state index is 0.338. The van der Waals surface area contributed by atoms with E-state index in [0.29, 0.717) is 18.6 Å². The Balaban J connectivity index is 1.49. The maximum atomic E-state index is 5.85. The lowest BCUT2D eigenvalue weighted by molar-refractivity contribution is 0.306. The average molecular weight is 333 g/mol. The fourth-order valence-electron chi connectivity index (χ4n) is 2.90. The van der Waals surface area contributed by atoms with Crippen LogP contribution in [0.15, 0.2) is 54.6 Å². The molecule has 3 aromatic rings. The molecule has 1 aliphatic carbocycles. The summed E-state index contributed by atoms with van der Waals surface area (Å²) in [4.78, 5) is 4.80. The Hall–Kier alpha value is -2.62. The highest BCUT2D eigenvalue weighted by atomic mass is 16.5. The van der Waals surface area contributed by atoms with E-state index in [0.717, 1.165) is 28.5 Å². The largest absolute Gasteiger partial charge is 0.489 e.